The molecular weight excluding hydrogens is 456 g/mol. The fourth-order valence-electron chi connectivity index (χ4n) is 4.58. The number of thiazole rings is 1. The number of aromatic nitrogens is 1. The number of Topliss-reactive ketones (excluding diaryl/α,β-unsaturated/α-hetero) is 1. The van der Waals surface area contributed by atoms with Gasteiger partial charge in [-0.25, -0.2) is 4.98 Å². The van der Waals surface area contributed by atoms with Gasteiger partial charge < -0.3 is 5.32 Å². The molecule has 1 aliphatic rings. The molecule has 2 aromatic rings. The van der Waals surface area contributed by atoms with Crippen molar-refractivity contribution in [2.24, 2.45) is 11.8 Å². The summed E-state index contributed by atoms with van der Waals surface area (Å²) in [6, 6.07) is 5.49. The van der Waals surface area contributed by atoms with Crippen LogP contribution in [0.3, 0.4) is 0 Å². The number of nitrogens with one attached hydrogen (secondary N) is 1. The second-order valence-electron chi connectivity index (χ2n) is 8.94. The number of carbonyl (C=O) groups excluding carboxylic acids is 3. The van der Waals surface area contributed by atoms with Gasteiger partial charge in [0.15, 0.2) is 5.78 Å². The number of halogens is 1. The molecule has 3 rings (SSSR count). The molecule has 0 saturated heterocycles. The van der Waals surface area contributed by atoms with E-state index in [-0.39, 0.29) is 29.9 Å². The van der Waals surface area contributed by atoms with E-state index in [1.807, 2.05) is 19.1 Å². The maximum atomic E-state index is 13.4. The Labute approximate surface area is 205 Å². The largest absolute Gasteiger partial charge is 0.353 e. The maximum Gasteiger partial charge on any atom is 0.224 e. The molecular formula is C26H33ClN2O3S. The van der Waals surface area contributed by atoms with E-state index in [2.05, 4.69) is 16.9 Å². The Balaban J connectivity index is 1.76. The van der Waals surface area contributed by atoms with E-state index >= 15 is 0 Å². The normalized spacial score (nSPS) is 16.3. The lowest BCUT2D eigenvalue weighted by Crippen LogP contribution is -2.45. The summed E-state index contributed by atoms with van der Waals surface area (Å²) in [4.78, 5) is 42.3. The van der Waals surface area contributed by atoms with Crippen molar-refractivity contribution >= 4 is 50.6 Å². The van der Waals surface area contributed by atoms with Gasteiger partial charge in [-0.2, -0.15) is 0 Å². The average Bonchev–Trinajstić information content (AvgIpc) is 3.22. The van der Waals surface area contributed by atoms with Gasteiger partial charge in [0.1, 0.15) is 5.78 Å². The van der Waals surface area contributed by atoms with Crippen LogP contribution in [0, 0.1) is 11.8 Å². The molecule has 0 spiro atoms. The van der Waals surface area contributed by atoms with E-state index in [1.54, 1.807) is 6.07 Å². The third-order valence-corrected chi connectivity index (χ3v) is 7.81. The molecule has 5 nitrogen and oxygen atoms in total. The summed E-state index contributed by atoms with van der Waals surface area (Å²) < 4.78 is 0.974. The van der Waals surface area contributed by atoms with Crippen molar-refractivity contribution in [1.82, 2.24) is 10.3 Å². The Morgan fingerprint density at radius 2 is 2.03 bits per heavy atom. The number of carbonyl (C=O) groups is 3. The standard InChI is InChI=1S/C26H33ClN2O3S/c1-3-20(30)11-13-22(17-8-6-5-7-9-17)29-26(32)18(14-21(31)4-2)15-25-28-23-12-10-19(27)16-24(23)33-25/h3,10,12,16-18,22H,1,4-9,11,13-15H2,2H3,(H,29,32)/t18-,22+/m0/s1. The zero-order valence-electron chi connectivity index (χ0n) is 19.3. The molecule has 0 radical (unpaired) electrons. The lowest BCUT2D eigenvalue weighted by Gasteiger charge is -2.32. The minimum absolute atomic E-state index is 0.00379. The first-order chi connectivity index (χ1) is 15.9. The number of hydrogen-bond acceptors (Lipinski definition) is 5. The van der Waals surface area contributed by atoms with Crippen molar-refractivity contribution in [1.29, 1.82) is 0 Å². The van der Waals surface area contributed by atoms with Gasteiger partial charge in [0.25, 0.3) is 0 Å². The lowest BCUT2D eigenvalue weighted by atomic mass is 9.81. The average molecular weight is 489 g/mol. The first kappa shape index (κ1) is 25.6. The molecule has 1 heterocycles. The minimum atomic E-state index is -0.477. The third kappa shape index (κ3) is 7.47. The maximum absolute atomic E-state index is 13.4. The van der Waals surface area contributed by atoms with Gasteiger partial charge in [-0.15, -0.1) is 11.3 Å². The van der Waals surface area contributed by atoms with E-state index < -0.39 is 5.92 Å². The molecule has 0 bridgehead atoms. The quantitative estimate of drug-likeness (QED) is 0.367. The highest BCUT2D eigenvalue weighted by molar-refractivity contribution is 7.18. The molecule has 1 amide bonds. The van der Waals surface area contributed by atoms with Crippen molar-refractivity contribution in [3.8, 4) is 0 Å². The molecule has 1 aromatic carbocycles. The number of amides is 1. The zero-order chi connectivity index (χ0) is 23.8. The number of rotatable bonds is 12. The first-order valence-corrected chi connectivity index (χ1v) is 13.1. The number of hydrogen-bond donors (Lipinski definition) is 1. The minimum Gasteiger partial charge on any atom is -0.353 e. The van der Waals surface area contributed by atoms with Crippen molar-refractivity contribution in [2.45, 2.75) is 77.2 Å². The Morgan fingerprint density at radius 1 is 1.27 bits per heavy atom. The molecule has 2 atom stereocenters. The Kier molecular flexibility index (Phi) is 9.63. The molecule has 0 aliphatic heterocycles. The molecule has 0 unspecified atom stereocenters. The number of allylic oxidation sites excluding steroid dienone is 1. The topological polar surface area (TPSA) is 76.1 Å². The molecule has 1 N–H and O–H groups in total. The molecule has 33 heavy (non-hydrogen) atoms. The highest BCUT2D eigenvalue weighted by Gasteiger charge is 2.29. The summed E-state index contributed by atoms with van der Waals surface area (Å²) in [5, 5.41) is 4.71. The van der Waals surface area contributed by atoms with Gasteiger partial charge in [-0.1, -0.05) is 44.4 Å². The van der Waals surface area contributed by atoms with Gasteiger partial charge in [-0.05, 0) is 49.5 Å². The van der Waals surface area contributed by atoms with E-state index in [4.69, 9.17) is 11.6 Å². The predicted octanol–water partition coefficient (Wildman–Crippen LogP) is 6.08. The van der Waals surface area contributed by atoms with Crippen LogP contribution in [0.15, 0.2) is 30.9 Å². The molecule has 1 aliphatic carbocycles. The zero-order valence-corrected chi connectivity index (χ0v) is 20.9. The van der Waals surface area contributed by atoms with Crippen LogP contribution in [0.5, 0.6) is 0 Å². The Morgan fingerprint density at radius 3 is 2.73 bits per heavy atom. The summed E-state index contributed by atoms with van der Waals surface area (Å²) in [6.07, 6.45) is 8.99. The van der Waals surface area contributed by atoms with Crippen LogP contribution in [0.1, 0.15) is 69.7 Å². The number of nitrogens with zero attached hydrogens (tertiary/aromatic N) is 1. The lowest BCUT2D eigenvalue weighted by molar-refractivity contribution is -0.130. The molecule has 178 valence electrons. The number of ketones is 2. The van der Waals surface area contributed by atoms with Gasteiger partial charge in [0.05, 0.1) is 21.1 Å². The van der Waals surface area contributed by atoms with Crippen LogP contribution >= 0.6 is 22.9 Å². The summed E-state index contributed by atoms with van der Waals surface area (Å²) in [5.74, 6) is -0.163. The second-order valence-corrected chi connectivity index (χ2v) is 10.5. The molecule has 1 aromatic heterocycles. The SMILES string of the molecule is C=CC(=O)CC[C@@H](NC(=O)[C@@H](CC(=O)CC)Cc1nc2ccc(Cl)cc2s1)C1CCCCC1. The first-order valence-electron chi connectivity index (χ1n) is 11.9. The van der Waals surface area contributed by atoms with Crippen LogP contribution in [-0.4, -0.2) is 28.5 Å². The van der Waals surface area contributed by atoms with Gasteiger partial charge in [-0.3, -0.25) is 14.4 Å². The molecule has 7 heteroatoms. The van der Waals surface area contributed by atoms with Crippen LogP contribution < -0.4 is 5.32 Å². The fourth-order valence-corrected chi connectivity index (χ4v) is 5.91. The highest BCUT2D eigenvalue weighted by atomic mass is 35.5. The van der Waals surface area contributed by atoms with Crippen molar-refractivity contribution in [3.63, 3.8) is 0 Å². The van der Waals surface area contributed by atoms with Crippen LogP contribution in [-0.2, 0) is 20.8 Å². The summed E-state index contributed by atoms with van der Waals surface area (Å²) in [7, 11) is 0. The van der Waals surface area contributed by atoms with Crippen LogP contribution in [0.25, 0.3) is 10.2 Å². The van der Waals surface area contributed by atoms with E-state index in [0.29, 0.717) is 36.6 Å². The van der Waals surface area contributed by atoms with Crippen molar-refractivity contribution in [3.05, 3.63) is 40.9 Å². The van der Waals surface area contributed by atoms with Crippen molar-refractivity contribution < 1.29 is 14.4 Å². The van der Waals surface area contributed by atoms with Gasteiger partial charge in [0, 0.05) is 36.7 Å². The van der Waals surface area contributed by atoms with E-state index in [1.165, 1.54) is 23.8 Å². The monoisotopic (exact) mass is 488 g/mol. The Bertz CT molecular complexity index is 997. The summed E-state index contributed by atoms with van der Waals surface area (Å²) in [5.41, 5.74) is 0.850. The summed E-state index contributed by atoms with van der Waals surface area (Å²) in [6.45, 7) is 5.39. The molecule has 1 saturated carbocycles. The summed E-state index contributed by atoms with van der Waals surface area (Å²) >= 11 is 7.62. The molecule has 1 fully saturated rings. The van der Waals surface area contributed by atoms with Gasteiger partial charge >= 0.3 is 0 Å². The predicted molar refractivity (Wildman–Crippen MR) is 135 cm³/mol. The van der Waals surface area contributed by atoms with E-state index in [0.717, 1.165) is 40.9 Å². The second kappa shape index (κ2) is 12.4. The number of benzene rings is 1. The smallest absolute Gasteiger partial charge is 0.224 e. The van der Waals surface area contributed by atoms with Crippen LogP contribution in [0.4, 0.5) is 0 Å². The fraction of sp³-hybridized carbons (Fsp3) is 0.538. The third-order valence-electron chi connectivity index (χ3n) is 6.53. The van der Waals surface area contributed by atoms with Crippen molar-refractivity contribution in [2.75, 3.05) is 0 Å². The van der Waals surface area contributed by atoms with Crippen LogP contribution in [0.2, 0.25) is 5.02 Å². The van der Waals surface area contributed by atoms with Gasteiger partial charge in [0.2, 0.25) is 5.91 Å². The van der Waals surface area contributed by atoms with E-state index in [9.17, 15) is 14.4 Å². The number of fused-ring (bicyclic) bond motifs is 1. The highest BCUT2D eigenvalue weighted by Crippen LogP contribution is 2.30. The Hall–Kier alpha value is -2.05.